The molecule has 0 radical (unpaired) electrons. The standard InChI is InChI=1S/C8H15BrO/c1-2-7-8(10-7)5-3-4-6-9/h7-8H,2-6H2,1H3. The molecule has 1 fully saturated rings. The fourth-order valence-corrected chi connectivity index (χ4v) is 1.63. The van der Waals surface area contributed by atoms with E-state index in [1.165, 1.54) is 25.7 Å². The van der Waals surface area contributed by atoms with Crippen LogP contribution in [0.15, 0.2) is 0 Å². The number of unbranched alkanes of at least 4 members (excludes halogenated alkanes) is 1. The van der Waals surface area contributed by atoms with Crippen LogP contribution in [0, 0.1) is 0 Å². The van der Waals surface area contributed by atoms with Gasteiger partial charge in [0, 0.05) is 5.33 Å². The Kier molecular flexibility index (Phi) is 3.71. The van der Waals surface area contributed by atoms with Gasteiger partial charge in [-0.15, -0.1) is 0 Å². The van der Waals surface area contributed by atoms with Gasteiger partial charge in [0.05, 0.1) is 12.2 Å². The number of alkyl halides is 1. The first-order valence-corrected chi connectivity index (χ1v) is 5.22. The minimum atomic E-state index is 0.607. The maximum absolute atomic E-state index is 5.40. The maximum atomic E-state index is 5.40. The van der Waals surface area contributed by atoms with Crippen molar-refractivity contribution < 1.29 is 4.74 Å². The zero-order valence-electron chi connectivity index (χ0n) is 6.48. The Morgan fingerprint density at radius 3 is 2.60 bits per heavy atom. The van der Waals surface area contributed by atoms with Crippen LogP contribution in [0.4, 0.5) is 0 Å². The fourth-order valence-electron chi connectivity index (χ4n) is 1.23. The lowest BCUT2D eigenvalue weighted by Gasteiger charge is -1.91. The number of hydrogen-bond donors (Lipinski definition) is 0. The molecule has 0 bridgehead atoms. The second-order valence-electron chi connectivity index (χ2n) is 2.81. The lowest BCUT2D eigenvalue weighted by Crippen LogP contribution is -1.91. The minimum Gasteiger partial charge on any atom is -0.370 e. The van der Waals surface area contributed by atoms with Gasteiger partial charge in [-0.3, -0.25) is 0 Å². The molecule has 1 aliphatic heterocycles. The van der Waals surface area contributed by atoms with Gasteiger partial charge in [-0.25, -0.2) is 0 Å². The van der Waals surface area contributed by atoms with E-state index in [9.17, 15) is 0 Å². The molecular weight excluding hydrogens is 192 g/mol. The molecule has 0 aliphatic carbocycles. The van der Waals surface area contributed by atoms with E-state index in [1.54, 1.807) is 0 Å². The molecule has 1 rings (SSSR count). The quantitative estimate of drug-likeness (QED) is 0.383. The normalized spacial score (nSPS) is 30.6. The van der Waals surface area contributed by atoms with Crippen molar-refractivity contribution in [2.45, 2.75) is 44.8 Å². The number of ether oxygens (including phenoxy) is 1. The molecule has 1 saturated heterocycles. The minimum absolute atomic E-state index is 0.607. The maximum Gasteiger partial charge on any atom is 0.0841 e. The monoisotopic (exact) mass is 206 g/mol. The smallest absolute Gasteiger partial charge is 0.0841 e. The highest BCUT2D eigenvalue weighted by atomic mass is 79.9. The van der Waals surface area contributed by atoms with Crippen molar-refractivity contribution in [2.24, 2.45) is 0 Å². The summed E-state index contributed by atoms with van der Waals surface area (Å²) in [6, 6.07) is 0. The third-order valence-corrected chi connectivity index (χ3v) is 2.52. The van der Waals surface area contributed by atoms with Gasteiger partial charge in [-0.2, -0.15) is 0 Å². The third-order valence-electron chi connectivity index (χ3n) is 1.96. The van der Waals surface area contributed by atoms with Gasteiger partial charge in [0.15, 0.2) is 0 Å². The van der Waals surface area contributed by atoms with Crippen LogP contribution in [0.3, 0.4) is 0 Å². The third kappa shape index (κ3) is 2.59. The molecule has 0 amide bonds. The second kappa shape index (κ2) is 4.35. The molecule has 1 heterocycles. The van der Waals surface area contributed by atoms with Crippen molar-refractivity contribution >= 4 is 15.9 Å². The molecule has 0 aromatic carbocycles. The van der Waals surface area contributed by atoms with Gasteiger partial charge in [0.1, 0.15) is 0 Å². The van der Waals surface area contributed by atoms with Crippen molar-refractivity contribution in [3.8, 4) is 0 Å². The summed E-state index contributed by atoms with van der Waals surface area (Å²) < 4.78 is 5.40. The van der Waals surface area contributed by atoms with Gasteiger partial charge in [-0.1, -0.05) is 22.9 Å². The number of hydrogen-bond acceptors (Lipinski definition) is 1. The predicted molar refractivity (Wildman–Crippen MR) is 46.6 cm³/mol. The van der Waals surface area contributed by atoms with Crippen LogP contribution in [-0.2, 0) is 4.74 Å². The van der Waals surface area contributed by atoms with Gasteiger partial charge in [0.25, 0.3) is 0 Å². The van der Waals surface area contributed by atoms with Gasteiger partial charge in [0.2, 0.25) is 0 Å². The lowest BCUT2D eigenvalue weighted by atomic mass is 10.1. The highest BCUT2D eigenvalue weighted by molar-refractivity contribution is 9.09. The molecule has 1 nitrogen and oxygen atoms in total. The molecule has 2 heteroatoms. The van der Waals surface area contributed by atoms with E-state index in [2.05, 4.69) is 22.9 Å². The zero-order valence-corrected chi connectivity index (χ0v) is 8.06. The van der Waals surface area contributed by atoms with Crippen molar-refractivity contribution in [3.05, 3.63) is 0 Å². The van der Waals surface area contributed by atoms with Gasteiger partial charge >= 0.3 is 0 Å². The van der Waals surface area contributed by atoms with Crippen molar-refractivity contribution in [1.82, 2.24) is 0 Å². The van der Waals surface area contributed by atoms with Crippen LogP contribution in [0.2, 0.25) is 0 Å². The molecule has 0 N–H and O–H groups in total. The summed E-state index contributed by atoms with van der Waals surface area (Å²) >= 11 is 3.41. The highest BCUT2D eigenvalue weighted by Gasteiger charge is 2.35. The summed E-state index contributed by atoms with van der Waals surface area (Å²) in [6.07, 6.45) is 6.28. The molecule has 0 saturated carbocycles. The molecule has 2 atom stereocenters. The van der Waals surface area contributed by atoms with Crippen molar-refractivity contribution in [2.75, 3.05) is 5.33 Å². The summed E-state index contributed by atoms with van der Waals surface area (Å²) in [5.41, 5.74) is 0. The van der Waals surface area contributed by atoms with Gasteiger partial charge < -0.3 is 4.74 Å². The number of epoxide rings is 1. The Hall–Kier alpha value is 0.440. The molecule has 0 spiro atoms. The molecule has 10 heavy (non-hydrogen) atoms. The predicted octanol–water partition coefficient (Wildman–Crippen LogP) is 2.73. The largest absolute Gasteiger partial charge is 0.370 e. The topological polar surface area (TPSA) is 12.5 Å². The van der Waals surface area contributed by atoms with Crippen LogP contribution < -0.4 is 0 Å². The summed E-state index contributed by atoms with van der Waals surface area (Å²) in [5.74, 6) is 0. The first kappa shape index (κ1) is 8.54. The summed E-state index contributed by atoms with van der Waals surface area (Å²) in [5, 5.41) is 1.14. The van der Waals surface area contributed by atoms with Crippen LogP contribution >= 0.6 is 15.9 Å². The Bertz CT molecular complexity index is 95.3. The lowest BCUT2D eigenvalue weighted by molar-refractivity contribution is 0.357. The Balaban J connectivity index is 1.87. The molecule has 2 unspecified atom stereocenters. The van der Waals surface area contributed by atoms with E-state index in [0.717, 1.165) is 5.33 Å². The first-order valence-electron chi connectivity index (χ1n) is 4.10. The van der Waals surface area contributed by atoms with Crippen LogP contribution in [-0.4, -0.2) is 17.5 Å². The van der Waals surface area contributed by atoms with Crippen LogP contribution in [0.1, 0.15) is 32.6 Å². The van der Waals surface area contributed by atoms with Crippen molar-refractivity contribution in [3.63, 3.8) is 0 Å². The number of rotatable bonds is 5. The highest BCUT2D eigenvalue weighted by Crippen LogP contribution is 2.29. The summed E-state index contributed by atoms with van der Waals surface area (Å²) in [4.78, 5) is 0. The summed E-state index contributed by atoms with van der Waals surface area (Å²) in [7, 11) is 0. The molecular formula is C8H15BrO. The van der Waals surface area contributed by atoms with E-state index in [-0.39, 0.29) is 0 Å². The van der Waals surface area contributed by atoms with E-state index in [1.807, 2.05) is 0 Å². The fraction of sp³-hybridized carbons (Fsp3) is 1.00. The molecule has 0 aromatic rings. The average Bonchev–Trinajstić information content (AvgIpc) is 2.68. The van der Waals surface area contributed by atoms with Gasteiger partial charge in [-0.05, 0) is 25.7 Å². The van der Waals surface area contributed by atoms with Crippen LogP contribution in [0.25, 0.3) is 0 Å². The van der Waals surface area contributed by atoms with E-state index >= 15 is 0 Å². The SMILES string of the molecule is CCC1OC1CCCCBr. The molecule has 60 valence electrons. The molecule has 0 aromatic heterocycles. The zero-order chi connectivity index (χ0) is 7.40. The van der Waals surface area contributed by atoms with Crippen LogP contribution in [0.5, 0.6) is 0 Å². The van der Waals surface area contributed by atoms with E-state index in [0.29, 0.717) is 12.2 Å². The Labute approximate surface area is 71.3 Å². The average molecular weight is 207 g/mol. The van der Waals surface area contributed by atoms with Crippen molar-refractivity contribution in [1.29, 1.82) is 0 Å². The van der Waals surface area contributed by atoms with E-state index < -0.39 is 0 Å². The number of halogens is 1. The first-order chi connectivity index (χ1) is 4.88. The Morgan fingerprint density at radius 2 is 2.10 bits per heavy atom. The second-order valence-corrected chi connectivity index (χ2v) is 3.60. The van der Waals surface area contributed by atoms with E-state index in [4.69, 9.17) is 4.74 Å². The molecule has 1 aliphatic rings. The Morgan fingerprint density at radius 1 is 1.30 bits per heavy atom. The summed E-state index contributed by atoms with van der Waals surface area (Å²) in [6.45, 7) is 2.19.